The molecular formula is C12H16F2O. The van der Waals surface area contributed by atoms with Gasteiger partial charge in [-0.1, -0.05) is 37.6 Å². The van der Waals surface area contributed by atoms with Crippen molar-refractivity contribution >= 4 is 0 Å². The van der Waals surface area contributed by atoms with Gasteiger partial charge in [-0.15, -0.1) is 0 Å². The summed E-state index contributed by atoms with van der Waals surface area (Å²) in [6.07, 6.45) is -0.823. The Balaban J connectivity index is 2.88. The van der Waals surface area contributed by atoms with Gasteiger partial charge in [0.1, 0.15) is 5.60 Å². The van der Waals surface area contributed by atoms with E-state index < -0.39 is 12.0 Å². The predicted molar refractivity (Wildman–Crippen MR) is 56.0 cm³/mol. The van der Waals surface area contributed by atoms with Crippen LogP contribution in [0.2, 0.25) is 0 Å². The quantitative estimate of drug-likeness (QED) is 0.816. The van der Waals surface area contributed by atoms with Crippen LogP contribution < -0.4 is 0 Å². The first-order valence-electron chi connectivity index (χ1n) is 5.08. The molecule has 1 aromatic rings. The second-order valence-electron chi connectivity index (χ2n) is 3.90. The van der Waals surface area contributed by atoms with Crippen molar-refractivity contribution in [1.82, 2.24) is 0 Å². The molecule has 0 aliphatic carbocycles. The van der Waals surface area contributed by atoms with Crippen LogP contribution in [0.4, 0.5) is 8.78 Å². The van der Waals surface area contributed by atoms with Crippen molar-refractivity contribution in [2.75, 3.05) is 0 Å². The van der Waals surface area contributed by atoms with E-state index in [0.29, 0.717) is 0 Å². The molecule has 84 valence electrons. The van der Waals surface area contributed by atoms with Crippen molar-refractivity contribution in [3.8, 4) is 0 Å². The molecule has 1 N–H and O–H groups in total. The third-order valence-electron chi connectivity index (χ3n) is 2.50. The second kappa shape index (κ2) is 4.71. The summed E-state index contributed by atoms with van der Waals surface area (Å²) in [6.45, 7) is 3.19. The van der Waals surface area contributed by atoms with Gasteiger partial charge in [0, 0.05) is 0 Å². The number of rotatable bonds is 4. The Morgan fingerprint density at radius 1 is 1.27 bits per heavy atom. The van der Waals surface area contributed by atoms with E-state index in [1.54, 1.807) is 24.3 Å². The van der Waals surface area contributed by atoms with E-state index in [1.165, 1.54) is 0 Å². The molecule has 0 heterocycles. The number of aliphatic hydroxyl groups is 1. The van der Waals surface area contributed by atoms with Crippen LogP contribution in [0.3, 0.4) is 0 Å². The molecule has 0 saturated heterocycles. The number of hydrogen-bond donors (Lipinski definition) is 1. The Morgan fingerprint density at radius 2 is 1.80 bits per heavy atom. The summed E-state index contributed by atoms with van der Waals surface area (Å²) in [7, 11) is 0. The lowest BCUT2D eigenvalue weighted by molar-refractivity contribution is -0.0883. The van der Waals surface area contributed by atoms with Gasteiger partial charge >= 0.3 is 0 Å². The van der Waals surface area contributed by atoms with Gasteiger partial charge < -0.3 is 5.11 Å². The van der Waals surface area contributed by atoms with Crippen LogP contribution >= 0.6 is 0 Å². The fourth-order valence-electron chi connectivity index (χ4n) is 1.42. The summed E-state index contributed by atoms with van der Waals surface area (Å²) in [5, 5.41) is 9.53. The molecule has 0 saturated carbocycles. The molecule has 0 aliphatic heterocycles. The Kier molecular flexibility index (Phi) is 3.80. The van der Waals surface area contributed by atoms with Gasteiger partial charge in [0.2, 0.25) is 0 Å². The molecule has 1 unspecified atom stereocenters. The lowest BCUT2D eigenvalue weighted by Crippen LogP contribution is -2.30. The summed E-state index contributed by atoms with van der Waals surface area (Å²) >= 11 is 0. The topological polar surface area (TPSA) is 20.2 Å². The first kappa shape index (κ1) is 12.1. The highest BCUT2D eigenvalue weighted by Gasteiger charge is 2.33. The second-order valence-corrected chi connectivity index (χ2v) is 3.90. The summed E-state index contributed by atoms with van der Waals surface area (Å²) in [4.78, 5) is 0. The maximum absolute atomic E-state index is 12.5. The van der Waals surface area contributed by atoms with Crippen LogP contribution in [0, 0.1) is 0 Å². The highest BCUT2D eigenvalue weighted by atomic mass is 19.3. The smallest absolute Gasteiger partial charge is 0.270 e. The maximum Gasteiger partial charge on any atom is 0.270 e. The van der Waals surface area contributed by atoms with Crippen molar-refractivity contribution in [2.45, 2.75) is 38.7 Å². The van der Waals surface area contributed by atoms with Gasteiger partial charge in [0.25, 0.3) is 6.43 Å². The minimum Gasteiger partial charge on any atom is -0.379 e. The molecule has 0 fully saturated rings. The molecular weight excluding hydrogens is 198 g/mol. The van der Waals surface area contributed by atoms with E-state index in [-0.39, 0.29) is 5.56 Å². The number of alkyl halides is 2. The Bertz CT molecular complexity index is 304. The molecule has 15 heavy (non-hydrogen) atoms. The van der Waals surface area contributed by atoms with Crippen LogP contribution in [0.1, 0.15) is 31.4 Å². The zero-order chi connectivity index (χ0) is 11.5. The number of benzene rings is 1. The van der Waals surface area contributed by atoms with Crippen LogP contribution in [-0.2, 0) is 12.0 Å². The summed E-state index contributed by atoms with van der Waals surface area (Å²) in [5.74, 6) is 0. The number of aryl methyl sites for hydroxylation is 1. The molecule has 1 atom stereocenters. The maximum atomic E-state index is 12.5. The van der Waals surface area contributed by atoms with Crippen LogP contribution in [0.5, 0.6) is 0 Å². The van der Waals surface area contributed by atoms with Crippen molar-refractivity contribution in [3.05, 3.63) is 35.4 Å². The molecule has 0 radical (unpaired) electrons. The Hall–Kier alpha value is -0.960. The third kappa shape index (κ3) is 2.75. The van der Waals surface area contributed by atoms with E-state index >= 15 is 0 Å². The van der Waals surface area contributed by atoms with Crippen LogP contribution in [0.15, 0.2) is 24.3 Å². The zero-order valence-electron chi connectivity index (χ0n) is 9.00. The minimum absolute atomic E-state index is 0.261. The SMILES string of the molecule is CCCc1ccc(C(C)(O)C(F)F)cc1. The van der Waals surface area contributed by atoms with E-state index in [9.17, 15) is 13.9 Å². The number of hydrogen-bond acceptors (Lipinski definition) is 1. The summed E-state index contributed by atoms with van der Waals surface area (Å²) < 4.78 is 25.0. The predicted octanol–water partition coefficient (Wildman–Crippen LogP) is 3.11. The van der Waals surface area contributed by atoms with Gasteiger partial charge in [-0.3, -0.25) is 0 Å². The monoisotopic (exact) mass is 214 g/mol. The zero-order valence-corrected chi connectivity index (χ0v) is 9.00. The highest BCUT2D eigenvalue weighted by molar-refractivity contribution is 5.27. The molecule has 0 aromatic heterocycles. The normalized spacial score (nSPS) is 15.3. The standard InChI is InChI=1S/C12H16F2O/c1-3-4-9-5-7-10(8-6-9)12(2,15)11(13)14/h5-8,11,15H,3-4H2,1-2H3. The van der Waals surface area contributed by atoms with Gasteiger partial charge in [-0.25, -0.2) is 8.78 Å². The Morgan fingerprint density at radius 3 is 2.20 bits per heavy atom. The first-order chi connectivity index (χ1) is 6.98. The average Bonchev–Trinajstić information content (AvgIpc) is 2.19. The van der Waals surface area contributed by atoms with Crippen LogP contribution in [-0.4, -0.2) is 11.5 Å². The summed E-state index contributed by atoms with van der Waals surface area (Å²) in [5.41, 5.74) is -0.686. The van der Waals surface area contributed by atoms with Crippen molar-refractivity contribution in [2.24, 2.45) is 0 Å². The molecule has 1 nitrogen and oxygen atoms in total. The van der Waals surface area contributed by atoms with E-state index in [4.69, 9.17) is 0 Å². The van der Waals surface area contributed by atoms with Gasteiger partial charge in [-0.2, -0.15) is 0 Å². The Labute approximate surface area is 88.7 Å². The van der Waals surface area contributed by atoms with Crippen LogP contribution in [0.25, 0.3) is 0 Å². The fraction of sp³-hybridized carbons (Fsp3) is 0.500. The molecule has 1 aromatic carbocycles. The largest absolute Gasteiger partial charge is 0.379 e. The van der Waals surface area contributed by atoms with Gasteiger partial charge in [0.15, 0.2) is 0 Å². The van der Waals surface area contributed by atoms with E-state index in [0.717, 1.165) is 25.3 Å². The fourth-order valence-corrected chi connectivity index (χ4v) is 1.42. The van der Waals surface area contributed by atoms with Crippen molar-refractivity contribution in [3.63, 3.8) is 0 Å². The summed E-state index contributed by atoms with van der Waals surface area (Å²) in [6, 6.07) is 6.71. The van der Waals surface area contributed by atoms with Crippen molar-refractivity contribution < 1.29 is 13.9 Å². The molecule has 0 bridgehead atoms. The highest BCUT2D eigenvalue weighted by Crippen LogP contribution is 2.27. The van der Waals surface area contributed by atoms with Gasteiger partial charge in [-0.05, 0) is 24.5 Å². The third-order valence-corrected chi connectivity index (χ3v) is 2.50. The lowest BCUT2D eigenvalue weighted by atomic mass is 9.95. The minimum atomic E-state index is -2.77. The molecule has 3 heteroatoms. The average molecular weight is 214 g/mol. The van der Waals surface area contributed by atoms with Gasteiger partial charge in [0.05, 0.1) is 0 Å². The molecule has 1 rings (SSSR count). The number of halogens is 2. The first-order valence-corrected chi connectivity index (χ1v) is 5.08. The molecule has 0 spiro atoms. The van der Waals surface area contributed by atoms with Crippen molar-refractivity contribution in [1.29, 1.82) is 0 Å². The lowest BCUT2D eigenvalue weighted by Gasteiger charge is -2.22. The molecule has 0 amide bonds. The van der Waals surface area contributed by atoms with E-state index in [2.05, 4.69) is 6.92 Å². The van der Waals surface area contributed by atoms with E-state index in [1.807, 2.05) is 0 Å². The molecule has 0 aliphatic rings.